The van der Waals surface area contributed by atoms with Crippen LogP contribution in [0.2, 0.25) is 0 Å². The van der Waals surface area contributed by atoms with Crippen LogP contribution in [0, 0.1) is 0 Å². The van der Waals surface area contributed by atoms with Crippen molar-refractivity contribution in [1.29, 1.82) is 0 Å². The van der Waals surface area contributed by atoms with Crippen molar-refractivity contribution >= 4 is 23.9 Å². The predicted octanol–water partition coefficient (Wildman–Crippen LogP) is 13.9. The lowest BCUT2D eigenvalue weighted by atomic mass is 9.98. The molecule has 1 saturated heterocycles. The Morgan fingerprint density at radius 2 is 0.904 bits per heavy atom. The van der Waals surface area contributed by atoms with Crippen LogP contribution in [-0.4, -0.2) is 89.2 Å². The van der Waals surface area contributed by atoms with Gasteiger partial charge in [-0.15, -0.1) is 0 Å². The van der Waals surface area contributed by atoms with Crippen molar-refractivity contribution in [3.63, 3.8) is 0 Å². The van der Waals surface area contributed by atoms with E-state index >= 15 is 0 Å². The Hall–Kier alpha value is -4.62. The minimum absolute atomic E-state index is 0.0193. The van der Waals surface area contributed by atoms with Crippen LogP contribution in [0.1, 0.15) is 201 Å². The Balaban J connectivity index is 2.77. The Labute approximate surface area is 440 Å². The summed E-state index contributed by atoms with van der Waals surface area (Å²) in [4.78, 5) is 50.9. The maximum Gasteiger partial charge on any atom is 0.335 e. The molecule has 0 aromatic heterocycles. The Morgan fingerprint density at radius 3 is 1.38 bits per heavy atom. The molecule has 6 atom stereocenters. The lowest BCUT2D eigenvalue weighted by molar-refractivity contribution is -0.301. The number of hydrogen-bond acceptors (Lipinski definition) is 11. The quantitative estimate of drug-likeness (QED) is 0.0228. The SMILES string of the molecule is CC/C=C\C/C=C\C/C=C\C/C=C\C/C=C\CC(=O)OCC(COC1OC(C(=O)O)C(O)C(O)C1OC(=O)CCCCCC/C=C\C/C=C\C/C=C\C/C=C\CC)OC(=O)CCCCCCCCCCCCC. The number of ether oxygens (including phenoxy) is 5. The molecule has 6 unspecified atom stereocenters. The highest BCUT2D eigenvalue weighted by Crippen LogP contribution is 2.26. The van der Waals surface area contributed by atoms with E-state index in [1.807, 2.05) is 12.2 Å². The van der Waals surface area contributed by atoms with Crippen LogP contribution in [-0.2, 0) is 42.9 Å². The molecule has 1 rings (SSSR count). The fraction of sp³-hybridized carbons (Fsp3) is 0.639. The Kier molecular flexibility index (Phi) is 44.0. The summed E-state index contributed by atoms with van der Waals surface area (Å²) in [5.74, 6) is -3.33. The second kappa shape index (κ2) is 48.3. The van der Waals surface area contributed by atoms with E-state index in [0.29, 0.717) is 19.3 Å². The van der Waals surface area contributed by atoms with E-state index in [-0.39, 0.29) is 25.9 Å². The fourth-order valence-corrected chi connectivity index (χ4v) is 7.67. The van der Waals surface area contributed by atoms with Gasteiger partial charge in [-0.25, -0.2) is 4.79 Å². The largest absolute Gasteiger partial charge is 0.479 e. The highest BCUT2D eigenvalue weighted by atomic mass is 16.7. The van der Waals surface area contributed by atoms with Crippen LogP contribution in [0.15, 0.2) is 109 Å². The van der Waals surface area contributed by atoms with E-state index in [1.54, 1.807) is 6.08 Å². The minimum atomic E-state index is -1.93. The lowest BCUT2D eigenvalue weighted by Crippen LogP contribution is -2.61. The molecule has 1 fully saturated rings. The zero-order valence-corrected chi connectivity index (χ0v) is 45.1. The lowest BCUT2D eigenvalue weighted by Gasteiger charge is -2.40. The van der Waals surface area contributed by atoms with Crippen LogP contribution < -0.4 is 0 Å². The summed E-state index contributed by atoms with van der Waals surface area (Å²) in [6, 6.07) is 0. The Bertz CT molecular complexity index is 1690. The van der Waals surface area contributed by atoms with Gasteiger partial charge < -0.3 is 39.0 Å². The third-order valence-electron chi connectivity index (χ3n) is 11.9. The molecule has 12 nitrogen and oxygen atoms in total. The van der Waals surface area contributed by atoms with E-state index in [0.717, 1.165) is 96.3 Å². The van der Waals surface area contributed by atoms with E-state index in [9.17, 15) is 34.5 Å². The molecule has 0 radical (unpaired) electrons. The van der Waals surface area contributed by atoms with Crippen molar-refractivity contribution in [3.8, 4) is 0 Å². The molecular formula is C61H96O12. The van der Waals surface area contributed by atoms with Gasteiger partial charge in [-0.1, -0.05) is 207 Å². The molecular weight excluding hydrogens is 925 g/mol. The summed E-state index contributed by atoms with van der Waals surface area (Å²) >= 11 is 0. The fourth-order valence-electron chi connectivity index (χ4n) is 7.67. The first-order valence-electron chi connectivity index (χ1n) is 27.9. The third kappa shape index (κ3) is 38.6. The molecule has 0 aromatic carbocycles. The highest BCUT2D eigenvalue weighted by Gasteiger charge is 2.50. The van der Waals surface area contributed by atoms with Crippen molar-refractivity contribution in [1.82, 2.24) is 0 Å². The highest BCUT2D eigenvalue weighted by molar-refractivity contribution is 5.74. The third-order valence-corrected chi connectivity index (χ3v) is 11.9. The van der Waals surface area contributed by atoms with Gasteiger partial charge in [-0.2, -0.15) is 0 Å². The molecule has 412 valence electrons. The van der Waals surface area contributed by atoms with Gasteiger partial charge in [0, 0.05) is 12.8 Å². The average Bonchev–Trinajstić information content (AvgIpc) is 3.37. The minimum Gasteiger partial charge on any atom is -0.479 e. The molecule has 0 amide bonds. The zero-order valence-electron chi connectivity index (χ0n) is 45.1. The molecule has 1 heterocycles. The van der Waals surface area contributed by atoms with Gasteiger partial charge in [0.05, 0.1) is 13.0 Å². The first-order valence-corrected chi connectivity index (χ1v) is 27.9. The molecule has 0 spiro atoms. The average molecular weight is 1020 g/mol. The van der Waals surface area contributed by atoms with Gasteiger partial charge >= 0.3 is 23.9 Å². The van der Waals surface area contributed by atoms with Crippen LogP contribution in [0.5, 0.6) is 0 Å². The van der Waals surface area contributed by atoms with Gasteiger partial charge in [0.15, 0.2) is 24.6 Å². The van der Waals surface area contributed by atoms with Gasteiger partial charge in [-0.3, -0.25) is 14.4 Å². The van der Waals surface area contributed by atoms with Crippen LogP contribution in [0.25, 0.3) is 0 Å². The van der Waals surface area contributed by atoms with Crippen LogP contribution in [0.3, 0.4) is 0 Å². The number of allylic oxidation sites excluding steroid dienone is 17. The predicted molar refractivity (Wildman–Crippen MR) is 294 cm³/mol. The molecule has 3 N–H and O–H groups in total. The van der Waals surface area contributed by atoms with Crippen molar-refractivity contribution in [3.05, 3.63) is 109 Å². The number of carbonyl (C=O) groups excluding carboxylic acids is 3. The number of rotatable bonds is 45. The molecule has 0 aromatic rings. The number of unbranched alkanes of at least 4 members (excludes halogenated alkanes) is 14. The summed E-state index contributed by atoms with van der Waals surface area (Å²) in [7, 11) is 0. The van der Waals surface area contributed by atoms with Gasteiger partial charge in [0.25, 0.3) is 0 Å². The summed E-state index contributed by atoms with van der Waals surface area (Å²) in [6.07, 6.45) is 52.4. The van der Waals surface area contributed by atoms with E-state index < -0.39 is 67.3 Å². The summed E-state index contributed by atoms with van der Waals surface area (Å²) in [5.41, 5.74) is 0. The number of esters is 3. The normalized spacial score (nSPS) is 19.2. The van der Waals surface area contributed by atoms with Crippen molar-refractivity contribution in [2.24, 2.45) is 0 Å². The standard InChI is InChI=1S/C61H96O12/c1-4-7-10-13-16-19-22-24-26-27-29-31-34-37-40-43-46-49-55(64)72-59-57(66)56(65)58(60(67)68)73-61(59)70-51-52(71-54(63)48-45-42-39-36-32-21-18-15-12-9-6-3)50-69-53(62)47-44-41-38-35-33-30-28-25-23-20-17-14-11-8-5-2/h7-8,10-11,16-17,19-20,24-26,28-29,31,33,35,41,44,52,56-59,61,65-66H,4-6,9,12-15,18,21-23,27,30,32,34,36-40,42-43,45-51H2,1-3H3,(H,67,68)/b10-7-,11-8-,19-16-,20-17-,26-24-,28-25-,31-29-,35-33-,44-41-. The first-order chi connectivity index (χ1) is 35.6. The molecule has 12 heteroatoms. The molecule has 0 aliphatic carbocycles. The number of aliphatic hydroxyl groups excluding tert-OH is 2. The van der Waals surface area contributed by atoms with Crippen molar-refractivity contribution in [2.75, 3.05) is 13.2 Å². The van der Waals surface area contributed by atoms with Crippen molar-refractivity contribution in [2.45, 2.75) is 237 Å². The number of carboxylic acid groups (broad SMARTS) is 1. The number of carboxylic acids is 1. The number of aliphatic hydroxyl groups is 2. The second-order valence-electron chi connectivity index (χ2n) is 18.5. The summed E-state index contributed by atoms with van der Waals surface area (Å²) in [6.45, 7) is 5.63. The smallest absolute Gasteiger partial charge is 0.335 e. The second-order valence-corrected chi connectivity index (χ2v) is 18.5. The topological polar surface area (TPSA) is 175 Å². The van der Waals surface area contributed by atoms with E-state index in [1.165, 1.54) is 44.9 Å². The monoisotopic (exact) mass is 1020 g/mol. The molecule has 1 aliphatic heterocycles. The van der Waals surface area contributed by atoms with E-state index in [4.69, 9.17) is 23.7 Å². The summed E-state index contributed by atoms with van der Waals surface area (Å²) in [5, 5.41) is 31.4. The van der Waals surface area contributed by atoms with Gasteiger partial charge in [-0.05, 0) is 83.5 Å². The molecule has 0 bridgehead atoms. The van der Waals surface area contributed by atoms with Crippen molar-refractivity contribution < 1.29 is 58.2 Å². The number of carbonyl (C=O) groups is 4. The van der Waals surface area contributed by atoms with E-state index in [2.05, 4.69) is 112 Å². The van der Waals surface area contributed by atoms with Gasteiger partial charge in [0.2, 0.25) is 0 Å². The Morgan fingerprint density at radius 1 is 0.479 bits per heavy atom. The number of hydrogen-bond donors (Lipinski definition) is 3. The molecule has 0 saturated carbocycles. The number of aliphatic carboxylic acids is 1. The summed E-state index contributed by atoms with van der Waals surface area (Å²) < 4.78 is 28.2. The molecule has 1 aliphatic rings. The zero-order chi connectivity index (χ0) is 53.3. The van der Waals surface area contributed by atoms with Crippen LogP contribution >= 0.6 is 0 Å². The maximum absolute atomic E-state index is 13.1. The maximum atomic E-state index is 13.1. The first kappa shape index (κ1) is 66.4. The molecule has 73 heavy (non-hydrogen) atoms. The van der Waals surface area contributed by atoms with Crippen LogP contribution in [0.4, 0.5) is 0 Å². The van der Waals surface area contributed by atoms with Gasteiger partial charge in [0.1, 0.15) is 18.8 Å².